The molecule has 0 saturated heterocycles. The zero-order chi connectivity index (χ0) is 7.56. The molecule has 0 atom stereocenters. The van der Waals surface area contributed by atoms with Gasteiger partial charge in [-0.2, -0.15) is 0 Å². The van der Waals surface area contributed by atoms with Crippen LogP contribution < -0.4 is 0 Å². The van der Waals surface area contributed by atoms with E-state index in [4.69, 9.17) is 12.2 Å². The first-order chi connectivity index (χ1) is 4.74. The molecule has 1 N–H and O–H groups in total. The van der Waals surface area contributed by atoms with Gasteiger partial charge in [0.15, 0.2) is 11.1 Å². The summed E-state index contributed by atoms with van der Waals surface area (Å²) in [5, 5.41) is 0. The molecule has 10 heavy (non-hydrogen) atoms. The minimum absolute atomic E-state index is 0.406. The van der Waals surface area contributed by atoms with Gasteiger partial charge in [0.2, 0.25) is 0 Å². The fourth-order valence-electron chi connectivity index (χ4n) is 0.609. The second-order valence-corrected chi connectivity index (χ2v) is 2.27. The lowest BCUT2D eigenvalue weighted by Gasteiger charge is -1.93. The van der Waals surface area contributed by atoms with Gasteiger partial charge >= 0.3 is 0 Å². The van der Waals surface area contributed by atoms with Gasteiger partial charge in [-0.25, -0.2) is 4.98 Å². The molecule has 0 aromatic carbocycles. The average Bonchev–Trinajstić information content (AvgIpc) is 1.88. The standard InChI is InChI=1S/C6H6N2OS/c1-4-5(3-9)2-7-6(10)8-4/h2-3H,1H3,(H,7,8,10). The minimum atomic E-state index is 0.406. The van der Waals surface area contributed by atoms with Gasteiger partial charge in [-0.05, 0) is 19.1 Å². The molecule has 0 saturated carbocycles. The van der Waals surface area contributed by atoms with Crippen LogP contribution in [0.2, 0.25) is 0 Å². The number of aryl methyl sites for hydroxylation is 1. The molecule has 0 amide bonds. The van der Waals surface area contributed by atoms with E-state index in [0.717, 1.165) is 12.0 Å². The number of hydrogen-bond donors (Lipinski definition) is 1. The maximum atomic E-state index is 10.2. The number of aromatic nitrogens is 2. The lowest BCUT2D eigenvalue weighted by molar-refractivity contribution is 0.112. The molecule has 0 aliphatic rings. The summed E-state index contributed by atoms with van der Waals surface area (Å²) in [4.78, 5) is 16.7. The van der Waals surface area contributed by atoms with Crippen molar-refractivity contribution in [1.82, 2.24) is 9.97 Å². The molecular weight excluding hydrogens is 148 g/mol. The number of aromatic amines is 1. The first-order valence-electron chi connectivity index (χ1n) is 2.75. The van der Waals surface area contributed by atoms with Crippen molar-refractivity contribution in [1.29, 1.82) is 0 Å². The highest BCUT2D eigenvalue weighted by atomic mass is 32.1. The zero-order valence-corrected chi connectivity index (χ0v) is 6.23. The van der Waals surface area contributed by atoms with Crippen molar-refractivity contribution in [3.63, 3.8) is 0 Å². The van der Waals surface area contributed by atoms with Gasteiger partial charge in [0.05, 0.1) is 5.56 Å². The van der Waals surface area contributed by atoms with E-state index in [1.807, 2.05) is 0 Å². The Bertz CT molecular complexity index is 305. The highest BCUT2D eigenvalue weighted by Gasteiger charge is 1.93. The minimum Gasteiger partial charge on any atom is -0.334 e. The Balaban J connectivity index is 3.32. The number of rotatable bonds is 1. The Hall–Kier alpha value is -1.03. The summed E-state index contributed by atoms with van der Waals surface area (Å²) in [6.07, 6.45) is 2.20. The van der Waals surface area contributed by atoms with Gasteiger partial charge in [-0.3, -0.25) is 4.79 Å². The van der Waals surface area contributed by atoms with E-state index in [1.165, 1.54) is 6.20 Å². The van der Waals surface area contributed by atoms with E-state index in [0.29, 0.717) is 10.3 Å². The van der Waals surface area contributed by atoms with Crippen LogP contribution in [-0.4, -0.2) is 16.3 Å². The van der Waals surface area contributed by atoms with Crippen LogP contribution in [0.4, 0.5) is 0 Å². The summed E-state index contributed by atoms with van der Waals surface area (Å²) in [6.45, 7) is 1.78. The van der Waals surface area contributed by atoms with Crippen molar-refractivity contribution in [2.45, 2.75) is 6.92 Å². The van der Waals surface area contributed by atoms with Crippen LogP contribution in [0, 0.1) is 11.7 Å². The van der Waals surface area contributed by atoms with Crippen LogP contribution >= 0.6 is 12.2 Å². The van der Waals surface area contributed by atoms with Gasteiger partial charge in [0.1, 0.15) is 0 Å². The van der Waals surface area contributed by atoms with Crippen molar-refractivity contribution < 1.29 is 4.79 Å². The number of aldehydes is 1. The van der Waals surface area contributed by atoms with E-state index in [1.54, 1.807) is 6.92 Å². The first-order valence-corrected chi connectivity index (χ1v) is 3.16. The van der Waals surface area contributed by atoms with Crippen LogP contribution in [0.1, 0.15) is 16.1 Å². The second kappa shape index (κ2) is 2.70. The Morgan fingerprint density at radius 2 is 2.50 bits per heavy atom. The highest BCUT2D eigenvalue weighted by Crippen LogP contribution is 1.96. The summed E-state index contributed by atoms with van der Waals surface area (Å²) in [7, 11) is 0. The fraction of sp³-hybridized carbons (Fsp3) is 0.167. The van der Waals surface area contributed by atoms with E-state index in [9.17, 15) is 4.79 Å². The molecule has 1 heterocycles. The van der Waals surface area contributed by atoms with E-state index in [-0.39, 0.29) is 0 Å². The molecule has 0 radical (unpaired) electrons. The third-order valence-electron chi connectivity index (χ3n) is 1.18. The van der Waals surface area contributed by atoms with Crippen molar-refractivity contribution >= 4 is 18.5 Å². The first kappa shape index (κ1) is 7.08. The normalized spacial score (nSPS) is 9.30. The Labute approximate surface area is 63.1 Å². The SMILES string of the molecule is Cc1[nH]c(=S)ncc1C=O. The number of carbonyl (C=O) groups is 1. The molecule has 4 heteroatoms. The van der Waals surface area contributed by atoms with Crippen molar-refractivity contribution in [2.75, 3.05) is 0 Å². The van der Waals surface area contributed by atoms with Gasteiger partial charge < -0.3 is 4.98 Å². The molecule has 1 rings (SSSR count). The smallest absolute Gasteiger partial charge is 0.196 e. The molecule has 3 nitrogen and oxygen atoms in total. The largest absolute Gasteiger partial charge is 0.334 e. The Kier molecular flexibility index (Phi) is 1.91. The molecule has 52 valence electrons. The number of nitrogens with zero attached hydrogens (tertiary/aromatic N) is 1. The zero-order valence-electron chi connectivity index (χ0n) is 5.42. The summed E-state index contributed by atoms with van der Waals surface area (Å²) in [6, 6.07) is 0. The van der Waals surface area contributed by atoms with Gasteiger partial charge in [-0.15, -0.1) is 0 Å². The van der Waals surface area contributed by atoms with Crippen molar-refractivity contribution in [3.8, 4) is 0 Å². The van der Waals surface area contributed by atoms with Crippen LogP contribution in [0.25, 0.3) is 0 Å². The maximum absolute atomic E-state index is 10.2. The lowest BCUT2D eigenvalue weighted by atomic mass is 10.3. The molecule has 1 aromatic heterocycles. The Morgan fingerprint density at radius 1 is 1.80 bits per heavy atom. The molecule has 0 unspecified atom stereocenters. The van der Waals surface area contributed by atoms with Crippen LogP contribution in [0.15, 0.2) is 6.20 Å². The highest BCUT2D eigenvalue weighted by molar-refractivity contribution is 7.71. The molecule has 0 bridgehead atoms. The van der Waals surface area contributed by atoms with Gasteiger partial charge in [-0.1, -0.05) is 0 Å². The van der Waals surface area contributed by atoms with Crippen molar-refractivity contribution in [3.05, 3.63) is 22.2 Å². The topological polar surface area (TPSA) is 45.8 Å². The summed E-state index contributed by atoms with van der Waals surface area (Å²) in [5.74, 6) is 0. The maximum Gasteiger partial charge on any atom is 0.196 e. The molecule has 0 fully saturated rings. The summed E-state index contributed by atoms with van der Waals surface area (Å²) >= 11 is 4.72. The number of H-pyrrole nitrogens is 1. The monoisotopic (exact) mass is 154 g/mol. The molecular formula is C6H6N2OS. The third-order valence-corrected chi connectivity index (χ3v) is 1.38. The van der Waals surface area contributed by atoms with E-state index >= 15 is 0 Å². The van der Waals surface area contributed by atoms with E-state index < -0.39 is 0 Å². The summed E-state index contributed by atoms with van der Waals surface area (Å²) < 4.78 is 0.406. The number of nitrogens with one attached hydrogen (secondary N) is 1. The van der Waals surface area contributed by atoms with Gasteiger partial charge in [0.25, 0.3) is 0 Å². The van der Waals surface area contributed by atoms with Crippen molar-refractivity contribution in [2.24, 2.45) is 0 Å². The number of hydrogen-bond acceptors (Lipinski definition) is 3. The quantitative estimate of drug-likeness (QED) is 0.489. The lowest BCUT2D eigenvalue weighted by Crippen LogP contribution is -1.92. The number of carbonyl (C=O) groups excluding carboxylic acids is 1. The average molecular weight is 154 g/mol. The second-order valence-electron chi connectivity index (χ2n) is 1.89. The summed E-state index contributed by atoms with van der Waals surface area (Å²) in [5.41, 5.74) is 1.31. The molecule has 0 spiro atoms. The van der Waals surface area contributed by atoms with Crippen LogP contribution in [0.5, 0.6) is 0 Å². The van der Waals surface area contributed by atoms with Crippen LogP contribution in [-0.2, 0) is 0 Å². The molecule has 1 aromatic rings. The fourth-order valence-corrected chi connectivity index (χ4v) is 0.814. The molecule has 0 aliphatic carbocycles. The third kappa shape index (κ3) is 1.27. The Morgan fingerprint density at radius 3 is 3.00 bits per heavy atom. The predicted octanol–water partition coefficient (Wildman–Crippen LogP) is 1.26. The molecule has 0 aliphatic heterocycles. The van der Waals surface area contributed by atoms with Gasteiger partial charge in [0, 0.05) is 11.9 Å². The van der Waals surface area contributed by atoms with E-state index in [2.05, 4.69) is 9.97 Å². The van der Waals surface area contributed by atoms with Crippen LogP contribution in [0.3, 0.4) is 0 Å². The predicted molar refractivity (Wildman–Crippen MR) is 39.5 cm³/mol.